The average molecular weight is 758 g/mol. The van der Waals surface area contributed by atoms with E-state index in [1.165, 1.54) is 87.7 Å². The van der Waals surface area contributed by atoms with E-state index in [2.05, 4.69) is 205 Å². The predicted octanol–water partition coefficient (Wildman–Crippen LogP) is 15.5. The maximum atomic E-state index is 2.54. The molecule has 0 heterocycles. The fourth-order valence-corrected chi connectivity index (χ4v) is 12.4. The minimum atomic E-state index is 0.199. The van der Waals surface area contributed by atoms with Crippen LogP contribution in [0.25, 0.3) is 55.6 Å². The van der Waals surface area contributed by atoms with Crippen molar-refractivity contribution in [2.75, 3.05) is 4.90 Å². The van der Waals surface area contributed by atoms with Crippen LogP contribution in [0.15, 0.2) is 200 Å². The van der Waals surface area contributed by atoms with E-state index >= 15 is 0 Å². The zero-order valence-corrected chi connectivity index (χ0v) is 33.3. The van der Waals surface area contributed by atoms with Crippen LogP contribution in [0.4, 0.5) is 17.1 Å². The number of anilines is 3. The van der Waals surface area contributed by atoms with Crippen LogP contribution < -0.4 is 4.90 Å². The first kappa shape index (κ1) is 34.6. The fraction of sp³-hybridized carbons (Fsp3) is 0.172. The van der Waals surface area contributed by atoms with Gasteiger partial charge in [-0.1, -0.05) is 158 Å². The van der Waals surface area contributed by atoms with Crippen molar-refractivity contribution in [3.63, 3.8) is 0 Å². The molecular formula is C58H47N. The van der Waals surface area contributed by atoms with Gasteiger partial charge >= 0.3 is 0 Å². The van der Waals surface area contributed by atoms with Crippen LogP contribution >= 0.6 is 0 Å². The van der Waals surface area contributed by atoms with Gasteiger partial charge in [0.1, 0.15) is 0 Å². The molecule has 0 amide bonds. The molecule has 0 saturated heterocycles. The number of benzene rings is 8. The van der Waals surface area contributed by atoms with Gasteiger partial charge in [0.05, 0.1) is 5.69 Å². The molecule has 0 aliphatic heterocycles. The van der Waals surface area contributed by atoms with Crippen LogP contribution in [0.2, 0.25) is 0 Å². The highest BCUT2D eigenvalue weighted by Gasteiger charge is 2.61. The molecule has 4 saturated carbocycles. The Kier molecular flexibility index (Phi) is 8.12. The minimum Gasteiger partial charge on any atom is -0.310 e. The van der Waals surface area contributed by atoms with Gasteiger partial charge in [-0.05, 0) is 159 Å². The van der Waals surface area contributed by atoms with Crippen LogP contribution in [-0.4, -0.2) is 0 Å². The summed E-state index contributed by atoms with van der Waals surface area (Å²) in [4.78, 5) is 2.44. The molecule has 4 fully saturated rings. The van der Waals surface area contributed by atoms with Crippen molar-refractivity contribution >= 4 is 17.1 Å². The summed E-state index contributed by atoms with van der Waals surface area (Å²) < 4.78 is 0. The zero-order valence-electron chi connectivity index (χ0n) is 33.3. The second kappa shape index (κ2) is 13.8. The van der Waals surface area contributed by atoms with E-state index in [-0.39, 0.29) is 5.41 Å². The van der Waals surface area contributed by atoms with E-state index < -0.39 is 0 Å². The number of hydrogen-bond donors (Lipinski definition) is 0. The summed E-state index contributed by atoms with van der Waals surface area (Å²) in [7, 11) is 0. The van der Waals surface area contributed by atoms with Crippen LogP contribution in [-0.2, 0) is 5.41 Å². The molecule has 59 heavy (non-hydrogen) atoms. The lowest BCUT2D eigenvalue weighted by molar-refractivity contribution is -0.0399. The van der Waals surface area contributed by atoms with Crippen molar-refractivity contribution in [2.24, 2.45) is 23.7 Å². The minimum absolute atomic E-state index is 0.199. The monoisotopic (exact) mass is 757 g/mol. The average Bonchev–Trinajstić information content (AvgIpc) is 3.59. The highest BCUT2D eigenvalue weighted by atomic mass is 15.1. The maximum Gasteiger partial charge on any atom is 0.0540 e. The van der Waals surface area contributed by atoms with Crippen LogP contribution in [0, 0.1) is 23.7 Å². The summed E-state index contributed by atoms with van der Waals surface area (Å²) >= 11 is 0. The van der Waals surface area contributed by atoms with Gasteiger partial charge in [0.25, 0.3) is 0 Å². The predicted molar refractivity (Wildman–Crippen MR) is 246 cm³/mol. The molecule has 1 heteroatoms. The Morgan fingerprint density at radius 1 is 0.322 bits per heavy atom. The largest absolute Gasteiger partial charge is 0.310 e. The number of fused-ring (bicyclic) bond motifs is 3. The molecule has 0 radical (unpaired) electrons. The van der Waals surface area contributed by atoms with Crippen LogP contribution in [0.1, 0.15) is 43.2 Å². The molecule has 5 aliphatic carbocycles. The molecule has 1 nitrogen and oxygen atoms in total. The van der Waals surface area contributed by atoms with Crippen molar-refractivity contribution in [1.29, 1.82) is 0 Å². The third kappa shape index (κ3) is 5.59. The second-order valence-electron chi connectivity index (χ2n) is 17.7. The number of rotatable bonds is 7. The molecule has 0 N–H and O–H groups in total. The Balaban J connectivity index is 0.964. The van der Waals surface area contributed by atoms with Gasteiger partial charge < -0.3 is 4.90 Å². The highest BCUT2D eigenvalue weighted by molar-refractivity contribution is 5.92. The molecule has 1 spiro atoms. The lowest BCUT2D eigenvalue weighted by atomic mass is 9.43. The zero-order chi connectivity index (χ0) is 38.9. The summed E-state index contributed by atoms with van der Waals surface area (Å²) in [6, 6.07) is 74.5. The van der Waals surface area contributed by atoms with Gasteiger partial charge in [-0.25, -0.2) is 0 Å². The van der Waals surface area contributed by atoms with Gasteiger partial charge in [0, 0.05) is 22.4 Å². The molecular weight excluding hydrogens is 711 g/mol. The molecule has 4 bridgehead atoms. The number of nitrogens with zero attached hydrogens (tertiary/aromatic N) is 1. The summed E-state index contributed by atoms with van der Waals surface area (Å²) in [6.45, 7) is 0. The third-order valence-electron chi connectivity index (χ3n) is 14.7. The molecule has 0 aromatic heterocycles. The van der Waals surface area contributed by atoms with E-state index in [4.69, 9.17) is 0 Å². The summed E-state index contributed by atoms with van der Waals surface area (Å²) in [5.74, 6) is 3.45. The standard InChI is InChI=1S/C58H47N/c1-4-12-41(13-5-1)43-20-26-50(27-21-43)59(57-31-25-47(42-14-6-2-7-15-42)37-53(57)45-16-8-3-9-17-45)51-28-22-44(23-29-51)46-24-30-56-54(38-46)52-18-10-11-19-55(52)58(56)48-33-39-32-40(35-48)36-49(58)34-39/h1-31,37-40,48-49H,32-36H2. The molecule has 5 aliphatic rings. The number of hydrogen-bond acceptors (Lipinski definition) is 1. The first-order valence-electron chi connectivity index (χ1n) is 21.8. The van der Waals surface area contributed by atoms with Crippen LogP contribution in [0.3, 0.4) is 0 Å². The van der Waals surface area contributed by atoms with E-state index in [0.717, 1.165) is 40.7 Å². The lowest BCUT2D eigenvalue weighted by Crippen LogP contribution is -2.55. The topological polar surface area (TPSA) is 3.24 Å². The van der Waals surface area contributed by atoms with Gasteiger partial charge in [0.15, 0.2) is 0 Å². The maximum absolute atomic E-state index is 2.54. The molecule has 284 valence electrons. The van der Waals surface area contributed by atoms with Crippen molar-refractivity contribution in [1.82, 2.24) is 0 Å². The highest BCUT2D eigenvalue weighted by Crippen LogP contribution is 2.69. The Labute approximate surface area is 348 Å². The quantitative estimate of drug-likeness (QED) is 0.156. The third-order valence-corrected chi connectivity index (χ3v) is 14.7. The van der Waals surface area contributed by atoms with E-state index in [0.29, 0.717) is 0 Å². The molecule has 13 rings (SSSR count). The summed E-state index contributed by atoms with van der Waals surface area (Å²) in [5, 5.41) is 0. The van der Waals surface area contributed by atoms with E-state index in [1.54, 1.807) is 11.1 Å². The first-order valence-corrected chi connectivity index (χ1v) is 21.8. The van der Waals surface area contributed by atoms with Gasteiger partial charge in [-0.3, -0.25) is 0 Å². The molecule has 0 atom stereocenters. The van der Waals surface area contributed by atoms with Gasteiger partial charge in [-0.15, -0.1) is 0 Å². The Bertz CT molecular complexity index is 2770. The molecule has 8 aromatic rings. The van der Waals surface area contributed by atoms with Crippen molar-refractivity contribution in [3.8, 4) is 55.6 Å². The molecule has 8 aromatic carbocycles. The SMILES string of the molecule is c1ccc(-c2ccc(N(c3ccc(-c4ccc5c(c4)-c4ccccc4C54C5CC6CC(C5)CC4C6)cc3)c3ccc(-c4ccccc4)cc3-c3ccccc3)cc2)cc1. The summed E-state index contributed by atoms with van der Waals surface area (Å²) in [5.41, 5.74) is 19.6. The fourth-order valence-electron chi connectivity index (χ4n) is 12.4. The van der Waals surface area contributed by atoms with Crippen molar-refractivity contribution in [3.05, 3.63) is 211 Å². The van der Waals surface area contributed by atoms with Crippen molar-refractivity contribution in [2.45, 2.75) is 37.5 Å². The van der Waals surface area contributed by atoms with Gasteiger partial charge in [-0.2, -0.15) is 0 Å². The van der Waals surface area contributed by atoms with E-state index in [9.17, 15) is 0 Å². The first-order chi connectivity index (χ1) is 29.2. The van der Waals surface area contributed by atoms with Crippen LogP contribution in [0.5, 0.6) is 0 Å². The Morgan fingerprint density at radius 2 is 0.746 bits per heavy atom. The Morgan fingerprint density at radius 3 is 1.34 bits per heavy atom. The lowest BCUT2D eigenvalue weighted by Gasteiger charge is -2.61. The van der Waals surface area contributed by atoms with Crippen molar-refractivity contribution < 1.29 is 0 Å². The Hall–Kier alpha value is -6.44. The van der Waals surface area contributed by atoms with Gasteiger partial charge in [0.2, 0.25) is 0 Å². The normalized spacial score (nSPS) is 22.0. The smallest absolute Gasteiger partial charge is 0.0540 e. The molecule has 0 unspecified atom stereocenters. The second-order valence-corrected chi connectivity index (χ2v) is 17.7. The summed E-state index contributed by atoms with van der Waals surface area (Å²) in [6.07, 6.45) is 7.13. The van der Waals surface area contributed by atoms with E-state index in [1.807, 2.05) is 0 Å².